The highest BCUT2D eigenvalue weighted by Gasteiger charge is 1.91. The predicted octanol–water partition coefficient (Wildman–Crippen LogP) is 1.41. The summed E-state index contributed by atoms with van der Waals surface area (Å²) in [5, 5.41) is 5.65. The Balaban J connectivity index is 2.87. The third-order valence-electron chi connectivity index (χ3n) is 0.689. The van der Waals surface area contributed by atoms with Crippen LogP contribution in [0.1, 0.15) is 5.69 Å². The number of nitrogens with one attached hydrogen (secondary N) is 2. The van der Waals surface area contributed by atoms with E-state index in [0.29, 0.717) is 0 Å². The average Bonchev–Trinajstić information content (AvgIpc) is 1.61. The molecular weight excluding hydrogens is 144 g/mol. The quantitative estimate of drug-likeness (QED) is 0.558. The fraction of sp³-hybridized carbons (Fsp3) is 0.333. The minimum atomic E-state index is 1.06. The Kier molecular flexibility index (Phi) is 0.765. The van der Waals surface area contributed by atoms with Crippen molar-refractivity contribution >= 4 is 15.9 Å². The Bertz CT molecular complexity index is 115. The average molecular weight is 149 g/mol. The Morgan fingerprint density at radius 3 is 2.00 bits per heavy atom. The van der Waals surface area contributed by atoms with E-state index in [9.17, 15) is 0 Å². The molecule has 1 aromatic heterocycles. The Morgan fingerprint density at radius 2 is 2.00 bits per heavy atom. The van der Waals surface area contributed by atoms with E-state index in [-0.39, 0.29) is 0 Å². The Hall–Kier alpha value is -0.180. The van der Waals surface area contributed by atoms with Crippen LogP contribution < -0.4 is 0 Å². The van der Waals surface area contributed by atoms with E-state index >= 15 is 0 Å². The van der Waals surface area contributed by atoms with Gasteiger partial charge in [0.25, 0.3) is 0 Å². The van der Waals surface area contributed by atoms with Gasteiger partial charge in [0.2, 0.25) is 0 Å². The molecular formula is C3H5BrN2. The van der Waals surface area contributed by atoms with Gasteiger partial charge in [-0.1, -0.05) is 0 Å². The van der Waals surface area contributed by atoms with Crippen molar-refractivity contribution in [2.75, 3.05) is 0 Å². The van der Waals surface area contributed by atoms with Crippen LogP contribution in [0, 0.1) is 6.92 Å². The molecule has 2 nitrogen and oxygen atoms in total. The highest BCUT2D eigenvalue weighted by Crippen LogP contribution is 2.08. The zero-order valence-corrected chi connectivity index (χ0v) is 4.96. The van der Waals surface area contributed by atoms with E-state index in [0.717, 1.165) is 10.3 Å². The first kappa shape index (κ1) is 3.99. The van der Waals surface area contributed by atoms with E-state index in [1.54, 1.807) is 0 Å². The number of aryl methyl sites for hydroxylation is 1. The largest absolute Gasteiger partial charge is 0.302 e. The molecule has 2 N–H and O–H groups in total. The van der Waals surface area contributed by atoms with Crippen molar-refractivity contribution < 1.29 is 0 Å². The summed E-state index contributed by atoms with van der Waals surface area (Å²) in [7, 11) is 0. The first-order chi connectivity index (χ1) is 2.80. The molecule has 34 valence electrons. The van der Waals surface area contributed by atoms with Crippen molar-refractivity contribution in [2.24, 2.45) is 0 Å². The number of rotatable bonds is 0. The molecule has 0 saturated heterocycles. The van der Waals surface area contributed by atoms with Crippen molar-refractivity contribution in [3.05, 3.63) is 10.3 Å². The number of aromatic amines is 2. The predicted molar refractivity (Wildman–Crippen MR) is 27.6 cm³/mol. The lowest BCUT2D eigenvalue weighted by Crippen LogP contribution is -1.93. The Morgan fingerprint density at radius 1 is 1.50 bits per heavy atom. The van der Waals surface area contributed by atoms with Gasteiger partial charge in [-0.15, -0.1) is 0 Å². The van der Waals surface area contributed by atoms with Crippen LogP contribution in [0.25, 0.3) is 0 Å². The van der Waals surface area contributed by atoms with Gasteiger partial charge in [0.1, 0.15) is 4.60 Å². The van der Waals surface area contributed by atoms with Crippen LogP contribution in [0.15, 0.2) is 4.60 Å². The second-order valence-electron chi connectivity index (χ2n) is 1.19. The summed E-state index contributed by atoms with van der Waals surface area (Å²) >= 11 is 3.23. The van der Waals surface area contributed by atoms with Gasteiger partial charge in [-0.05, 0) is 22.9 Å². The summed E-state index contributed by atoms with van der Waals surface area (Å²) in [6.07, 6.45) is 0. The molecule has 0 aliphatic rings. The van der Waals surface area contributed by atoms with Crippen molar-refractivity contribution in [2.45, 2.75) is 6.92 Å². The highest BCUT2D eigenvalue weighted by molar-refractivity contribution is 9.10. The molecule has 0 fully saturated rings. The van der Waals surface area contributed by atoms with E-state index < -0.39 is 0 Å². The molecule has 0 radical (unpaired) electrons. The molecule has 0 aliphatic carbocycles. The molecule has 0 atom stereocenters. The van der Waals surface area contributed by atoms with Gasteiger partial charge >= 0.3 is 0 Å². The minimum absolute atomic E-state index is 1.06. The first-order valence-corrected chi connectivity index (χ1v) is 2.48. The summed E-state index contributed by atoms with van der Waals surface area (Å²) in [6.45, 7) is 1.99. The minimum Gasteiger partial charge on any atom is -0.302 e. The zero-order valence-electron chi connectivity index (χ0n) is 3.38. The van der Waals surface area contributed by atoms with Gasteiger partial charge in [-0.2, -0.15) is 0 Å². The van der Waals surface area contributed by atoms with Gasteiger partial charge in [0.15, 0.2) is 0 Å². The molecule has 0 unspecified atom stereocenters. The van der Waals surface area contributed by atoms with E-state index in [4.69, 9.17) is 0 Å². The molecule has 0 amide bonds. The molecule has 0 bridgehead atoms. The van der Waals surface area contributed by atoms with Crippen LogP contribution in [0.5, 0.6) is 0 Å². The molecule has 0 aliphatic heterocycles. The maximum Gasteiger partial charge on any atom is 0.117 e. The molecule has 6 heavy (non-hydrogen) atoms. The first-order valence-electron chi connectivity index (χ1n) is 1.69. The van der Waals surface area contributed by atoms with Crippen LogP contribution >= 0.6 is 15.9 Å². The summed E-state index contributed by atoms with van der Waals surface area (Å²) in [4.78, 5) is 0. The second kappa shape index (κ2) is 1.15. The van der Waals surface area contributed by atoms with Crippen molar-refractivity contribution in [3.63, 3.8) is 0 Å². The molecule has 0 spiro atoms. The SMILES string of the molecule is Cc1[nH][nH]c1Br. The number of H-pyrrole nitrogens is 2. The molecule has 0 saturated carbocycles. The molecule has 3 heteroatoms. The van der Waals surface area contributed by atoms with Gasteiger partial charge in [-0.25, -0.2) is 0 Å². The lowest BCUT2D eigenvalue weighted by Gasteiger charge is -1.99. The van der Waals surface area contributed by atoms with E-state index in [2.05, 4.69) is 26.1 Å². The molecule has 0 aromatic carbocycles. The summed E-state index contributed by atoms with van der Waals surface area (Å²) in [5.41, 5.74) is 1.16. The van der Waals surface area contributed by atoms with Gasteiger partial charge in [0, 0.05) is 0 Å². The fourth-order valence-electron chi connectivity index (χ4n) is 0.235. The van der Waals surface area contributed by atoms with Crippen LogP contribution in [-0.4, -0.2) is 10.2 Å². The normalized spacial score (nSPS) is 9.67. The third kappa shape index (κ3) is 0.391. The highest BCUT2D eigenvalue weighted by atomic mass is 79.9. The summed E-state index contributed by atoms with van der Waals surface area (Å²) < 4.78 is 1.06. The topological polar surface area (TPSA) is 31.6 Å². The number of hydrogen-bond acceptors (Lipinski definition) is 0. The van der Waals surface area contributed by atoms with Gasteiger partial charge < -0.3 is 5.10 Å². The van der Waals surface area contributed by atoms with Crippen molar-refractivity contribution in [3.8, 4) is 0 Å². The standard InChI is InChI=1S/C3H5BrN2/c1-2-3(4)6-5-2/h5-6H,1H3. The molecule has 1 rings (SSSR count). The number of aromatic nitrogens is 2. The van der Waals surface area contributed by atoms with Crippen LogP contribution in [0.3, 0.4) is 0 Å². The maximum atomic E-state index is 3.23. The summed E-state index contributed by atoms with van der Waals surface area (Å²) in [5.74, 6) is 0. The van der Waals surface area contributed by atoms with Gasteiger partial charge in [0.05, 0.1) is 5.69 Å². The lowest BCUT2D eigenvalue weighted by atomic mass is 10.5. The molecule has 1 heterocycles. The lowest BCUT2D eigenvalue weighted by molar-refractivity contribution is 0.867. The zero-order chi connectivity index (χ0) is 4.57. The third-order valence-corrected chi connectivity index (χ3v) is 1.48. The monoisotopic (exact) mass is 148 g/mol. The van der Waals surface area contributed by atoms with E-state index in [1.165, 1.54) is 0 Å². The fourth-order valence-corrected chi connectivity index (χ4v) is 0.433. The Labute approximate surface area is 44.1 Å². The van der Waals surface area contributed by atoms with Crippen molar-refractivity contribution in [1.29, 1.82) is 0 Å². The number of hydrogen-bond donors (Lipinski definition) is 2. The van der Waals surface area contributed by atoms with Crippen LogP contribution in [0.2, 0.25) is 0 Å². The van der Waals surface area contributed by atoms with Crippen molar-refractivity contribution in [1.82, 2.24) is 10.2 Å². The van der Waals surface area contributed by atoms with Crippen LogP contribution in [-0.2, 0) is 0 Å². The molecule has 1 aromatic rings. The second-order valence-corrected chi connectivity index (χ2v) is 1.98. The van der Waals surface area contributed by atoms with Crippen LogP contribution in [0.4, 0.5) is 0 Å². The maximum absolute atomic E-state index is 3.23. The van der Waals surface area contributed by atoms with Gasteiger partial charge in [-0.3, -0.25) is 5.10 Å². The van der Waals surface area contributed by atoms with E-state index in [1.807, 2.05) is 6.92 Å². The number of halogens is 1. The smallest absolute Gasteiger partial charge is 0.117 e. The summed E-state index contributed by atoms with van der Waals surface area (Å²) in [6, 6.07) is 0.